The van der Waals surface area contributed by atoms with Gasteiger partial charge in [-0.05, 0) is 49.4 Å². The molecule has 2 aliphatic rings. The Bertz CT molecular complexity index is 394. The number of hydrogen-bond acceptors (Lipinski definition) is 5. The molecule has 2 rings (SSSR count). The third-order valence-electron chi connectivity index (χ3n) is 6.05. The molecular weight excluding hydrogens is 356 g/mol. The molecular formula is C23H42O5. The molecule has 0 bridgehead atoms. The molecule has 164 valence electrons. The summed E-state index contributed by atoms with van der Waals surface area (Å²) in [6, 6.07) is 0. The number of hydrogen-bond donors (Lipinski definition) is 1. The number of esters is 2. The molecule has 0 aromatic carbocycles. The zero-order valence-electron chi connectivity index (χ0n) is 18.5. The molecule has 0 atom stereocenters. The van der Waals surface area contributed by atoms with E-state index in [1.165, 1.54) is 25.7 Å². The van der Waals surface area contributed by atoms with Crippen LogP contribution in [0.5, 0.6) is 0 Å². The van der Waals surface area contributed by atoms with Crippen molar-refractivity contribution in [1.82, 2.24) is 0 Å². The van der Waals surface area contributed by atoms with E-state index < -0.39 is 6.10 Å². The normalized spacial score (nSPS) is 28.5. The van der Waals surface area contributed by atoms with E-state index in [2.05, 4.69) is 13.8 Å². The average molecular weight is 399 g/mol. The summed E-state index contributed by atoms with van der Waals surface area (Å²) < 4.78 is 10.3. The van der Waals surface area contributed by atoms with Gasteiger partial charge in [0.1, 0.15) is 19.3 Å². The van der Waals surface area contributed by atoms with Crippen molar-refractivity contribution >= 4 is 11.9 Å². The molecule has 5 nitrogen and oxygen atoms in total. The Balaban J connectivity index is 0.00000190. The predicted molar refractivity (Wildman–Crippen MR) is 111 cm³/mol. The van der Waals surface area contributed by atoms with Crippen LogP contribution in [-0.2, 0) is 19.1 Å². The fraction of sp³-hybridized carbons (Fsp3) is 0.913. The van der Waals surface area contributed by atoms with Crippen molar-refractivity contribution in [1.29, 1.82) is 0 Å². The van der Waals surface area contributed by atoms with Gasteiger partial charge in [0.25, 0.3) is 0 Å². The molecule has 28 heavy (non-hydrogen) atoms. The van der Waals surface area contributed by atoms with Gasteiger partial charge in [0.05, 0.1) is 0 Å². The maximum absolute atomic E-state index is 11.9. The van der Waals surface area contributed by atoms with Crippen molar-refractivity contribution in [2.45, 2.75) is 98.0 Å². The van der Waals surface area contributed by atoms with Gasteiger partial charge in [0.15, 0.2) is 0 Å². The van der Waals surface area contributed by atoms with Crippen LogP contribution >= 0.6 is 0 Å². The molecule has 0 radical (unpaired) electrons. The van der Waals surface area contributed by atoms with E-state index in [9.17, 15) is 14.7 Å². The van der Waals surface area contributed by atoms with E-state index in [1.54, 1.807) is 0 Å². The molecule has 2 fully saturated rings. The molecule has 0 unspecified atom stereocenters. The highest BCUT2D eigenvalue weighted by Gasteiger charge is 2.23. The van der Waals surface area contributed by atoms with Crippen molar-refractivity contribution in [2.75, 3.05) is 13.2 Å². The Hall–Kier alpha value is -1.10. The Morgan fingerprint density at radius 2 is 1.07 bits per heavy atom. The van der Waals surface area contributed by atoms with E-state index in [1.807, 2.05) is 13.8 Å². The number of aliphatic hydroxyl groups is 1. The van der Waals surface area contributed by atoms with E-state index >= 15 is 0 Å². The minimum Gasteiger partial charge on any atom is -0.463 e. The summed E-state index contributed by atoms with van der Waals surface area (Å²) in [6.07, 6.45) is 8.94. The third-order valence-corrected chi connectivity index (χ3v) is 6.05. The molecule has 0 amide bonds. The quantitative estimate of drug-likeness (QED) is 0.589. The van der Waals surface area contributed by atoms with Gasteiger partial charge >= 0.3 is 11.9 Å². The van der Waals surface area contributed by atoms with Crippen LogP contribution in [0.3, 0.4) is 0 Å². The first-order valence-electron chi connectivity index (χ1n) is 11.4. The lowest BCUT2D eigenvalue weighted by atomic mass is 9.81. The SMILES string of the molecule is CC.CC1CCC(CC(=O)OCC(O)COC(=O)CC2CCC(C)CC2)CC1. The molecule has 0 aliphatic heterocycles. The first kappa shape index (κ1) is 24.9. The van der Waals surface area contributed by atoms with Gasteiger partial charge in [-0.3, -0.25) is 9.59 Å². The Morgan fingerprint density at radius 3 is 1.39 bits per heavy atom. The average Bonchev–Trinajstić information content (AvgIpc) is 2.70. The molecule has 0 saturated heterocycles. The zero-order valence-corrected chi connectivity index (χ0v) is 18.5. The van der Waals surface area contributed by atoms with Gasteiger partial charge < -0.3 is 14.6 Å². The van der Waals surface area contributed by atoms with Crippen molar-refractivity contribution in [3.8, 4) is 0 Å². The lowest BCUT2D eigenvalue weighted by molar-refractivity contribution is -0.153. The van der Waals surface area contributed by atoms with Crippen molar-refractivity contribution < 1.29 is 24.2 Å². The summed E-state index contributed by atoms with van der Waals surface area (Å²) in [5.74, 6) is 1.82. The molecule has 1 N–H and O–H groups in total. The Labute approximate surface area is 171 Å². The molecule has 5 heteroatoms. The molecule has 2 saturated carbocycles. The number of rotatable bonds is 8. The second-order valence-electron chi connectivity index (χ2n) is 8.68. The summed E-state index contributed by atoms with van der Waals surface area (Å²) in [6.45, 7) is 8.30. The minimum absolute atomic E-state index is 0.101. The topological polar surface area (TPSA) is 72.8 Å². The number of aliphatic hydroxyl groups excluding tert-OH is 1. The maximum Gasteiger partial charge on any atom is 0.306 e. The van der Waals surface area contributed by atoms with Crippen LogP contribution < -0.4 is 0 Å². The van der Waals surface area contributed by atoms with Crippen LogP contribution in [-0.4, -0.2) is 36.4 Å². The standard InChI is InChI=1S/C21H36O5.C2H6/c1-15-3-7-17(8-4-15)11-20(23)25-13-19(22)14-26-21(24)12-18-9-5-16(2)6-10-18;1-2/h15-19,22H,3-14H2,1-2H3;1-2H3. The lowest BCUT2D eigenvalue weighted by Crippen LogP contribution is -2.27. The zero-order chi connectivity index (χ0) is 20.9. The Kier molecular flexibility index (Phi) is 12.4. The molecule has 2 aliphatic carbocycles. The maximum atomic E-state index is 11.9. The summed E-state index contributed by atoms with van der Waals surface area (Å²) >= 11 is 0. The largest absolute Gasteiger partial charge is 0.463 e. The highest BCUT2D eigenvalue weighted by molar-refractivity contribution is 5.70. The van der Waals surface area contributed by atoms with Gasteiger partial charge in [-0.2, -0.15) is 0 Å². The predicted octanol–water partition coefficient (Wildman–Crippen LogP) is 4.89. The van der Waals surface area contributed by atoms with Crippen LogP contribution in [0, 0.1) is 23.7 Å². The van der Waals surface area contributed by atoms with Crippen LogP contribution in [0.25, 0.3) is 0 Å². The van der Waals surface area contributed by atoms with E-state index in [0.29, 0.717) is 24.7 Å². The molecule has 0 aromatic heterocycles. The summed E-state index contributed by atoms with van der Waals surface area (Å²) in [5, 5.41) is 9.87. The highest BCUT2D eigenvalue weighted by Crippen LogP contribution is 2.31. The summed E-state index contributed by atoms with van der Waals surface area (Å²) in [4.78, 5) is 23.8. The Morgan fingerprint density at radius 1 is 0.750 bits per heavy atom. The number of ether oxygens (including phenoxy) is 2. The van der Waals surface area contributed by atoms with Crippen molar-refractivity contribution in [3.05, 3.63) is 0 Å². The van der Waals surface area contributed by atoms with E-state index in [0.717, 1.165) is 37.5 Å². The monoisotopic (exact) mass is 398 g/mol. The minimum atomic E-state index is -0.944. The number of carbonyl (C=O) groups excluding carboxylic acids is 2. The van der Waals surface area contributed by atoms with Crippen molar-refractivity contribution in [3.63, 3.8) is 0 Å². The van der Waals surface area contributed by atoms with Gasteiger partial charge in [-0.15, -0.1) is 0 Å². The van der Waals surface area contributed by atoms with Gasteiger partial charge in [0.2, 0.25) is 0 Å². The van der Waals surface area contributed by atoms with Gasteiger partial charge in [-0.25, -0.2) is 0 Å². The number of carbonyl (C=O) groups is 2. The third kappa shape index (κ3) is 10.4. The first-order valence-corrected chi connectivity index (χ1v) is 11.4. The molecule has 0 spiro atoms. The van der Waals surface area contributed by atoms with Crippen LogP contribution in [0.4, 0.5) is 0 Å². The molecule has 0 aromatic rings. The van der Waals surface area contributed by atoms with Crippen LogP contribution in [0.2, 0.25) is 0 Å². The van der Waals surface area contributed by atoms with Crippen LogP contribution in [0.1, 0.15) is 91.9 Å². The van der Waals surface area contributed by atoms with Crippen LogP contribution in [0.15, 0.2) is 0 Å². The van der Waals surface area contributed by atoms with Gasteiger partial charge in [-0.1, -0.05) is 53.4 Å². The highest BCUT2D eigenvalue weighted by atomic mass is 16.6. The fourth-order valence-corrected chi connectivity index (χ4v) is 4.08. The first-order chi connectivity index (χ1) is 13.4. The second kappa shape index (κ2) is 14.0. The fourth-order valence-electron chi connectivity index (χ4n) is 4.08. The summed E-state index contributed by atoms with van der Waals surface area (Å²) in [7, 11) is 0. The summed E-state index contributed by atoms with van der Waals surface area (Å²) in [5.41, 5.74) is 0. The smallest absolute Gasteiger partial charge is 0.306 e. The van der Waals surface area contributed by atoms with Gasteiger partial charge in [0, 0.05) is 12.8 Å². The lowest BCUT2D eigenvalue weighted by Gasteiger charge is -2.25. The van der Waals surface area contributed by atoms with E-state index in [-0.39, 0.29) is 25.2 Å². The van der Waals surface area contributed by atoms with E-state index in [4.69, 9.17) is 9.47 Å². The molecule has 0 heterocycles. The van der Waals surface area contributed by atoms with Crippen molar-refractivity contribution in [2.24, 2.45) is 23.7 Å². The second-order valence-corrected chi connectivity index (χ2v) is 8.68.